The minimum atomic E-state index is -0.511. The van der Waals surface area contributed by atoms with Crippen LogP contribution in [-0.4, -0.2) is 14.6 Å². The van der Waals surface area contributed by atoms with Crippen molar-refractivity contribution in [3.05, 3.63) is 23.0 Å². The van der Waals surface area contributed by atoms with E-state index >= 15 is 0 Å². The zero-order valence-corrected chi connectivity index (χ0v) is 7.82. The van der Waals surface area contributed by atoms with E-state index in [9.17, 15) is 4.79 Å². The van der Waals surface area contributed by atoms with Crippen molar-refractivity contribution in [2.45, 2.75) is 6.92 Å². The average Bonchev–Trinajstić information content (AvgIpc) is 2.42. The molecule has 2 heterocycles. The monoisotopic (exact) mass is 200 g/mol. The molecule has 0 atom stereocenters. The third-order valence-corrected chi connectivity index (χ3v) is 2.58. The van der Waals surface area contributed by atoms with Crippen LogP contribution in [0.3, 0.4) is 0 Å². The lowest BCUT2D eigenvalue weighted by Crippen LogP contribution is -1.86. The summed E-state index contributed by atoms with van der Waals surface area (Å²) >= 11 is 6.79. The molecule has 3 nitrogen and oxygen atoms in total. The zero-order chi connectivity index (χ0) is 8.72. The molecule has 2 aromatic heterocycles. The van der Waals surface area contributed by atoms with Crippen LogP contribution in [0.1, 0.15) is 15.4 Å². The molecule has 0 N–H and O–H groups in total. The van der Waals surface area contributed by atoms with Gasteiger partial charge in [-0.25, -0.2) is 4.98 Å². The summed E-state index contributed by atoms with van der Waals surface area (Å²) in [7, 11) is 0. The molecule has 0 saturated carbocycles. The van der Waals surface area contributed by atoms with Gasteiger partial charge in [0, 0.05) is 17.3 Å². The molecule has 2 aromatic rings. The van der Waals surface area contributed by atoms with E-state index < -0.39 is 5.24 Å². The number of hydrogen-bond donors (Lipinski definition) is 0. The second kappa shape index (κ2) is 2.57. The fraction of sp³-hybridized carbons (Fsp3) is 0.143. The molecule has 0 bridgehead atoms. The molecule has 0 aliphatic rings. The average molecular weight is 201 g/mol. The Balaban J connectivity index is 2.64. The van der Waals surface area contributed by atoms with Crippen LogP contribution in [-0.2, 0) is 0 Å². The smallest absolute Gasteiger partial charge is 0.272 e. The van der Waals surface area contributed by atoms with Gasteiger partial charge in [-0.2, -0.15) is 0 Å². The van der Waals surface area contributed by atoms with Crippen LogP contribution in [0.5, 0.6) is 0 Å². The Bertz CT molecular complexity index is 414. The van der Waals surface area contributed by atoms with Crippen molar-refractivity contribution in [2.24, 2.45) is 0 Å². The molecule has 0 aliphatic heterocycles. The molecule has 12 heavy (non-hydrogen) atoms. The lowest BCUT2D eigenvalue weighted by Gasteiger charge is -1.79. The highest BCUT2D eigenvalue weighted by atomic mass is 35.5. The second-order valence-corrected chi connectivity index (χ2v) is 3.99. The second-order valence-electron chi connectivity index (χ2n) is 2.43. The van der Waals surface area contributed by atoms with Crippen LogP contribution in [0.2, 0.25) is 0 Å². The van der Waals surface area contributed by atoms with E-state index in [4.69, 9.17) is 11.6 Å². The fourth-order valence-corrected chi connectivity index (χ4v) is 1.91. The van der Waals surface area contributed by atoms with Gasteiger partial charge in [-0.3, -0.25) is 9.20 Å². The largest absolute Gasteiger partial charge is 0.297 e. The van der Waals surface area contributed by atoms with E-state index in [1.807, 2.05) is 13.1 Å². The Labute approximate surface area is 77.6 Å². The quantitative estimate of drug-likeness (QED) is 0.661. The number of rotatable bonds is 1. The number of nitrogens with zero attached hydrogens (tertiary/aromatic N) is 2. The number of carbonyl (C=O) groups is 1. The Morgan fingerprint density at radius 1 is 1.67 bits per heavy atom. The number of aromatic nitrogens is 2. The first kappa shape index (κ1) is 7.76. The maximum absolute atomic E-state index is 10.7. The van der Waals surface area contributed by atoms with Gasteiger partial charge in [0.15, 0.2) is 4.96 Å². The van der Waals surface area contributed by atoms with Gasteiger partial charge in [0.25, 0.3) is 5.24 Å². The van der Waals surface area contributed by atoms with Crippen molar-refractivity contribution in [3.8, 4) is 0 Å². The van der Waals surface area contributed by atoms with Crippen LogP contribution < -0.4 is 0 Å². The van der Waals surface area contributed by atoms with Crippen LogP contribution in [0, 0.1) is 6.92 Å². The van der Waals surface area contributed by atoms with E-state index in [1.54, 1.807) is 10.6 Å². The molecule has 62 valence electrons. The fourth-order valence-electron chi connectivity index (χ4n) is 1.01. The van der Waals surface area contributed by atoms with Crippen LogP contribution in [0.4, 0.5) is 0 Å². The standard InChI is InChI=1S/C7H5ClN2OS/c1-4-2-10-3-5(6(8)11)9-7(10)12-4/h2-3H,1H3. The van der Waals surface area contributed by atoms with E-state index in [-0.39, 0.29) is 0 Å². The summed E-state index contributed by atoms with van der Waals surface area (Å²) < 4.78 is 1.80. The summed E-state index contributed by atoms with van der Waals surface area (Å²) in [5, 5.41) is -0.511. The zero-order valence-electron chi connectivity index (χ0n) is 6.24. The van der Waals surface area contributed by atoms with Crippen molar-refractivity contribution in [1.82, 2.24) is 9.38 Å². The molecule has 0 spiro atoms. The molecular formula is C7H5ClN2OS. The SMILES string of the molecule is Cc1cn2cc(C(=O)Cl)nc2s1. The van der Waals surface area contributed by atoms with Gasteiger partial charge in [0.2, 0.25) is 0 Å². The van der Waals surface area contributed by atoms with E-state index in [2.05, 4.69) is 4.98 Å². The van der Waals surface area contributed by atoms with Crippen molar-refractivity contribution in [1.29, 1.82) is 0 Å². The molecular weight excluding hydrogens is 196 g/mol. The summed E-state index contributed by atoms with van der Waals surface area (Å²) in [6.45, 7) is 1.99. The minimum absolute atomic E-state index is 0.308. The van der Waals surface area contributed by atoms with Gasteiger partial charge in [0.1, 0.15) is 5.69 Å². The number of hydrogen-bond acceptors (Lipinski definition) is 3. The van der Waals surface area contributed by atoms with Gasteiger partial charge < -0.3 is 0 Å². The van der Waals surface area contributed by atoms with Crippen molar-refractivity contribution in [3.63, 3.8) is 0 Å². The van der Waals surface area contributed by atoms with Crippen LogP contribution in [0.25, 0.3) is 4.96 Å². The molecule has 0 radical (unpaired) electrons. The highest BCUT2D eigenvalue weighted by Gasteiger charge is 2.08. The molecule has 5 heteroatoms. The predicted molar refractivity (Wildman–Crippen MR) is 48.0 cm³/mol. The Morgan fingerprint density at radius 2 is 2.42 bits per heavy atom. The maximum Gasteiger partial charge on any atom is 0.272 e. The minimum Gasteiger partial charge on any atom is -0.297 e. The summed E-state index contributed by atoms with van der Waals surface area (Å²) in [5.41, 5.74) is 0.308. The topological polar surface area (TPSA) is 34.4 Å². The highest BCUT2D eigenvalue weighted by molar-refractivity contribution is 7.17. The molecule has 0 amide bonds. The maximum atomic E-state index is 10.7. The number of fused-ring (bicyclic) bond motifs is 1. The lowest BCUT2D eigenvalue weighted by molar-refractivity contribution is 0.107. The number of halogens is 1. The van der Waals surface area contributed by atoms with Crippen molar-refractivity contribution in [2.75, 3.05) is 0 Å². The summed E-state index contributed by atoms with van der Waals surface area (Å²) in [6.07, 6.45) is 3.55. The normalized spacial score (nSPS) is 10.8. The van der Waals surface area contributed by atoms with Gasteiger partial charge in [-0.15, -0.1) is 11.3 Å². The van der Waals surface area contributed by atoms with Crippen LogP contribution in [0.15, 0.2) is 12.4 Å². The Morgan fingerprint density at radius 3 is 3.00 bits per heavy atom. The summed E-state index contributed by atoms with van der Waals surface area (Å²) in [5.74, 6) is 0. The molecule has 0 fully saturated rings. The van der Waals surface area contributed by atoms with Crippen LogP contribution >= 0.6 is 22.9 Å². The number of imidazole rings is 1. The van der Waals surface area contributed by atoms with E-state index in [1.165, 1.54) is 11.3 Å². The van der Waals surface area contributed by atoms with Gasteiger partial charge in [-0.1, -0.05) is 0 Å². The van der Waals surface area contributed by atoms with E-state index in [0.29, 0.717) is 5.69 Å². The first-order valence-electron chi connectivity index (χ1n) is 3.32. The third-order valence-electron chi connectivity index (χ3n) is 1.47. The molecule has 2 rings (SSSR count). The Kier molecular flexibility index (Phi) is 1.66. The Hall–Kier alpha value is -0.870. The number of thiazole rings is 1. The third kappa shape index (κ3) is 1.13. The highest BCUT2D eigenvalue weighted by Crippen LogP contribution is 2.17. The first-order chi connectivity index (χ1) is 5.66. The van der Waals surface area contributed by atoms with Gasteiger partial charge >= 0.3 is 0 Å². The van der Waals surface area contributed by atoms with E-state index in [0.717, 1.165) is 9.84 Å². The summed E-state index contributed by atoms with van der Waals surface area (Å²) in [6, 6.07) is 0. The van der Waals surface area contributed by atoms with Gasteiger partial charge in [-0.05, 0) is 18.5 Å². The molecule has 0 aliphatic carbocycles. The number of carbonyl (C=O) groups excluding carboxylic acids is 1. The number of aryl methyl sites for hydroxylation is 1. The molecule has 0 saturated heterocycles. The van der Waals surface area contributed by atoms with Crippen molar-refractivity contribution >= 4 is 33.1 Å². The van der Waals surface area contributed by atoms with Crippen molar-refractivity contribution < 1.29 is 4.79 Å². The predicted octanol–water partition coefficient (Wildman–Crippen LogP) is 2.08. The van der Waals surface area contributed by atoms with Gasteiger partial charge in [0.05, 0.1) is 0 Å². The molecule has 0 unspecified atom stereocenters. The first-order valence-corrected chi connectivity index (χ1v) is 4.51. The molecule has 0 aromatic carbocycles. The summed E-state index contributed by atoms with van der Waals surface area (Å²) in [4.78, 5) is 16.7. The lowest BCUT2D eigenvalue weighted by atomic mass is 10.5.